The van der Waals surface area contributed by atoms with Gasteiger partial charge in [0.2, 0.25) is 5.91 Å². The first-order chi connectivity index (χ1) is 9.63. The summed E-state index contributed by atoms with van der Waals surface area (Å²) in [6.45, 7) is 1.44. The van der Waals surface area contributed by atoms with Gasteiger partial charge in [-0.1, -0.05) is 48.5 Å². The van der Waals surface area contributed by atoms with Crippen LogP contribution in [0.2, 0.25) is 0 Å². The maximum atomic E-state index is 12.2. The van der Waals surface area contributed by atoms with Gasteiger partial charge in [0, 0.05) is 23.6 Å². The van der Waals surface area contributed by atoms with E-state index < -0.39 is 5.66 Å². The number of nitrogens with one attached hydrogen (secondary N) is 2. The molecule has 1 atom stereocenters. The van der Waals surface area contributed by atoms with Gasteiger partial charge < -0.3 is 10.6 Å². The van der Waals surface area contributed by atoms with Crippen LogP contribution >= 0.6 is 0 Å². The molecule has 0 bridgehead atoms. The van der Waals surface area contributed by atoms with Gasteiger partial charge in [-0.3, -0.25) is 9.59 Å². The van der Waals surface area contributed by atoms with Crippen molar-refractivity contribution >= 4 is 11.8 Å². The van der Waals surface area contributed by atoms with Gasteiger partial charge >= 0.3 is 0 Å². The molecule has 0 spiro atoms. The molecule has 4 heteroatoms. The maximum absolute atomic E-state index is 12.2. The summed E-state index contributed by atoms with van der Waals surface area (Å²) in [5.41, 5.74) is 1.20. The van der Waals surface area contributed by atoms with E-state index in [0.717, 1.165) is 11.1 Å². The zero-order valence-electron chi connectivity index (χ0n) is 11.0. The van der Waals surface area contributed by atoms with Gasteiger partial charge in [0.1, 0.15) is 0 Å². The highest BCUT2D eigenvalue weighted by Gasteiger charge is 2.44. The van der Waals surface area contributed by atoms with Crippen molar-refractivity contribution in [3.05, 3.63) is 71.3 Å². The highest BCUT2D eigenvalue weighted by molar-refractivity contribution is 6.01. The standard InChI is InChI=1S/C16H14N2O2/c1-11(19)17-16(12-7-3-2-4-8-12)14-10-6-5-9-13(14)15(20)18-16/h2-10H,1H3,(H,17,19)(H,18,20)/t16-/m1/s1. The monoisotopic (exact) mass is 266 g/mol. The van der Waals surface area contributed by atoms with Gasteiger partial charge in [0.05, 0.1) is 0 Å². The van der Waals surface area contributed by atoms with Crippen LogP contribution in [0.25, 0.3) is 0 Å². The Morgan fingerprint density at radius 3 is 2.40 bits per heavy atom. The van der Waals surface area contributed by atoms with Crippen molar-refractivity contribution in [2.24, 2.45) is 0 Å². The highest BCUT2D eigenvalue weighted by Crippen LogP contribution is 2.34. The first-order valence-electron chi connectivity index (χ1n) is 6.40. The van der Waals surface area contributed by atoms with Gasteiger partial charge in [-0.15, -0.1) is 0 Å². The number of carbonyl (C=O) groups excluding carboxylic acids is 2. The van der Waals surface area contributed by atoms with Gasteiger partial charge in [0.15, 0.2) is 5.66 Å². The fourth-order valence-corrected chi connectivity index (χ4v) is 2.66. The van der Waals surface area contributed by atoms with E-state index in [2.05, 4.69) is 10.6 Å². The van der Waals surface area contributed by atoms with Crippen molar-refractivity contribution in [1.29, 1.82) is 0 Å². The maximum Gasteiger partial charge on any atom is 0.254 e. The van der Waals surface area contributed by atoms with Crippen LogP contribution in [0.4, 0.5) is 0 Å². The smallest absolute Gasteiger partial charge is 0.254 e. The molecule has 2 aromatic rings. The number of hydrogen-bond donors (Lipinski definition) is 2. The van der Waals surface area contributed by atoms with Crippen molar-refractivity contribution in [3.63, 3.8) is 0 Å². The number of benzene rings is 2. The molecular formula is C16H14N2O2. The van der Waals surface area contributed by atoms with E-state index in [-0.39, 0.29) is 11.8 Å². The van der Waals surface area contributed by atoms with E-state index in [0.29, 0.717) is 5.56 Å². The summed E-state index contributed by atoms with van der Waals surface area (Å²) in [5, 5.41) is 5.80. The Hall–Kier alpha value is -2.62. The lowest BCUT2D eigenvalue weighted by Crippen LogP contribution is -2.54. The molecule has 2 N–H and O–H groups in total. The third kappa shape index (κ3) is 1.77. The van der Waals surface area contributed by atoms with Crippen molar-refractivity contribution in [2.75, 3.05) is 0 Å². The third-order valence-electron chi connectivity index (χ3n) is 3.45. The van der Waals surface area contributed by atoms with Crippen molar-refractivity contribution in [3.8, 4) is 0 Å². The average Bonchev–Trinajstić information content (AvgIpc) is 2.74. The van der Waals surface area contributed by atoms with Crippen LogP contribution in [0.1, 0.15) is 28.4 Å². The fraction of sp³-hybridized carbons (Fsp3) is 0.125. The second-order valence-electron chi connectivity index (χ2n) is 4.80. The normalized spacial score (nSPS) is 20.1. The minimum atomic E-state index is -0.985. The quantitative estimate of drug-likeness (QED) is 0.870. The minimum Gasteiger partial charge on any atom is -0.326 e. The third-order valence-corrected chi connectivity index (χ3v) is 3.45. The van der Waals surface area contributed by atoms with Crippen LogP contribution < -0.4 is 10.6 Å². The van der Waals surface area contributed by atoms with Crippen LogP contribution in [-0.2, 0) is 10.5 Å². The SMILES string of the molecule is CC(=O)N[C@]1(c2ccccc2)NC(=O)c2ccccc21. The molecule has 1 aliphatic rings. The number of amides is 2. The predicted molar refractivity (Wildman–Crippen MR) is 74.9 cm³/mol. The summed E-state index contributed by atoms with van der Waals surface area (Å²) >= 11 is 0. The zero-order chi connectivity index (χ0) is 14.2. The Kier molecular flexibility index (Phi) is 2.79. The summed E-state index contributed by atoms with van der Waals surface area (Å²) in [4.78, 5) is 23.8. The van der Waals surface area contributed by atoms with Crippen LogP contribution in [0.3, 0.4) is 0 Å². The lowest BCUT2D eigenvalue weighted by molar-refractivity contribution is -0.120. The zero-order valence-corrected chi connectivity index (χ0v) is 11.0. The molecule has 0 aromatic heterocycles. The van der Waals surface area contributed by atoms with E-state index in [1.54, 1.807) is 6.07 Å². The van der Waals surface area contributed by atoms with E-state index in [4.69, 9.17) is 0 Å². The second-order valence-corrected chi connectivity index (χ2v) is 4.80. The Balaban J connectivity index is 2.24. The van der Waals surface area contributed by atoms with Crippen molar-refractivity contribution < 1.29 is 9.59 Å². The summed E-state index contributed by atoms with van der Waals surface area (Å²) in [6.07, 6.45) is 0. The summed E-state index contributed by atoms with van der Waals surface area (Å²) in [7, 11) is 0. The molecule has 2 aromatic carbocycles. The van der Waals surface area contributed by atoms with E-state index >= 15 is 0 Å². The number of carbonyl (C=O) groups is 2. The molecule has 0 saturated carbocycles. The largest absolute Gasteiger partial charge is 0.326 e. The fourth-order valence-electron chi connectivity index (χ4n) is 2.66. The minimum absolute atomic E-state index is 0.182. The van der Waals surface area contributed by atoms with Crippen LogP contribution in [-0.4, -0.2) is 11.8 Å². The van der Waals surface area contributed by atoms with Crippen molar-refractivity contribution in [2.45, 2.75) is 12.6 Å². The average molecular weight is 266 g/mol. The van der Waals surface area contributed by atoms with Gasteiger partial charge in [-0.2, -0.15) is 0 Å². The van der Waals surface area contributed by atoms with Crippen LogP contribution in [0.5, 0.6) is 0 Å². The molecule has 0 fully saturated rings. The summed E-state index contributed by atoms with van der Waals surface area (Å²) in [6, 6.07) is 16.7. The summed E-state index contributed by atoms with van der Waals surface area (Å²) in [5.74, 6) is -0.385. The first-order valence-corrected chi connectivity index (χ1v) is 6.40. The number of fused-ring (bicyclic) bond motifs is 1. The molecule has 0 saturated heterocycles. The predicted octanol–water partition coefficient (Wildman–Crippen LogP) is 1.77. The molecule has 0 unspecified atom stereocenters. The van der Waals surface area contributed by atoms with Crippen LogP contribution in [0, 0.1) is 0 Å². The van der Waals surface area contributed by atoms with Crippen molar-refractivity contribution in [1.82, 2.24) is 10.6 Å². The molecule has 4 nitrogen and oxygen atoms in total. The molecule has 2 amide bonds. The highest BCUT2D eigenvalue weighted by atomic mass is 16.2. The Labute approximate surface area is 116 Å². The molecular weight excluding hydrogens is 252 g/mol. The Morgan fingerprint density at radius 1 is 1.05 bits per heavy atom. The topological polar surface area (TPSA) is 58.2 Å². The second kappa shape index (κ2) is 4.49. The molecule has 3 rings (SSSR count). The van der Waals surface area contributed by atoms with E-state index in [9.17, 15) is 9.59 Å². The molecule has 100 valence electrons. The number of rotatable bonds is 2. The Morgan fingerprint density at radius 2 is 1.70 bits per heavy atom. The molecule has 0 aliphatic carbocycles. The van der Waals surface area contributed by atoms with E-state index in [1.807, 2.05) is 48.5 Å². The molecule has 20 heavy (non-hydrogen) atoms. The molecule has 1 aliphatic heterocycles. The lowest BCUT2D eigenvalue weighted by Gasteiger charge is -2.31. The number of hydrogen-bond acceptors (Lipinski definition) is 2. The molecule has 1 heterocycles. The van der Waals surface area contributed by atoms with Gasteiger partial charge in [-0.05, 0) is 6.07 Å². The molecule has 0 radical (unpaired) electrons. The van der Waals surface area contributed by atoms with Gasteiger partial charge in [-0.25, -0.2) is 0 Å². The van der Waals surface area contributed by atoms with Gasteiger partial charge in [0.25, 0.3) is 5.91 Å². The lowest BCUT2D eigenvalue weighted by atomic mass is 9.91. The summed E-state index contributed by atoms with van der Waals surface area (Å²) < 4.78 is 0. The Bertz CT molecular complexity index is 678. The first kappa shape index (κ1) is 12.4. The van der Waals surface area contributed by atoms with E-state index in [1.165, 1.54) is 6.92 Å². The van der Waals surface area contributed by atoms with Crippen LogP contribution in [0.15, 0.2) is 54.6 Å².